The molecule has 0 saturated heterocycles. The van der Waals surface area contributed by atoms with Gasteiger partial charge in [0.1, 0.15) is 13.1 Å². The maximum absolute atomic E-state index is 3.96. The average molecular weight is 331 g/mol. The minimum Gasteiger partial charge on any atom is -0.342 e. The van der Waals surface area contributed by atoms with Crippen molar-refractivity contribution in [2.45, 2.75) is 26.6 Å². The first-order valence-electron chi connectivity index (χ1n) is 8.93. The van der Waals surface area contributed by atoms with E-state index in [1.807, 2.05) is 6.08 Å². The van der Waals surface area contributed by atoms with Crippen LogP contribution in [0.1, 0.15) is 22.4 Å². The normalized spacial score (nSPS) is 12.0. The minimum absolute atomic E-state index is 0.926. The molecule has 3 rings (SSSR count). The summed E-state index contributed by atoms with van der Waals surface area (Å²) in [7, 11) is 0. The molecule has 3 aromatic rings. The second-order valence-corrected chi connectivity index (χ2v) is 6.64. The van der Waals surface area contributed by atoms with E-state index in [0.29, 0.717) is 0 Å². The van der Waals surface area contributed by atoms with Gasteiger partial charge in [0.25, 0.3) is 0 Å². The summed E-state index contributed by atoms with van der Waals surface area (Å²) in [4.78, 5) is 1.51. The Bertz CT molecular complexity index is 802. The Balaban J connectivity index is 1.73. The van der Waals surface area contributed by atoms with Crippen LogP contribution in [-0.4, -0.2) is 11.1 Å². The van der Waals surface area contributed by atoms with Crippen LogP contribution in [0.15, 0.2) is 85.6 Å². The van der Waals surface area contributed by atoms with E-state index in [1.54, 1.807) is 0 Å². The van der Waals surface area contributed by atoms with Crippen LogP contribution in [0.4, 0.5) is 0 Å². The number of aromatic nitrogens is 1. The number of benzene rings is 2. The van der Waals surface area contributed by atoms with E-state index in [9.17, 15) is 0 Å². The van der Waals surface area contributed by atoms with Crippen LogP contribution < -0.4 is 4.90 Å². The molecule has 2 nitrogen and oxygen atoms in total. The van der Waals surface area contributed by atoms with Gasteiger partial charge in [0.15, 0.2) is 0 Å². The fourth-order valence-corrected chi connectivity index (χ4v) is 3.29. The van der Waals surface area contributed by atoms with Gasteiger partial charge in [-0.2, -0.15) is 0 Å². The van der Waals surface area contributed by atoms with Gasteiger partial charge in [0.2, 0.25) is 0 Å². The molecule has 0 fully saturated rings. The lowest BCUT2D eigenvalue weighted by Crippen LogP contribution is -3.09. The monoisotopic (exact) mass is 331 g/mol. The van der Waals surface area contributed by atoms with Crippen molar-refractivity contribution in [1.29, 1.82) is 0 Å². The summed E-state index contributed by atoms with van der Waals surface area (Å²) in [6.45, 7) is 10.1. The van der Waals surface area contributed by atoms with Gasteiger partial charge in [0, 0.05) is 18.3 Å². The molecule has 2 aromatic carbocycles. The van der Waals surface area contributed by atoms with Gasteiger partial charge in [-0.1, -0.05) is 61.2 Å². The molecule has 0 aliphatic carbocycles. The molecule has 0 bridgehead atoms. The second-order valence-electron chi connectivity index (χ2n) is 6.64. The average Bonchev–Trinajstić information content (AvgIpc) is 3.05. The zero-order valence-corrected chi connectivity index (χ0v) is 15.0. The van der Waals surface area contributed by atoms with E-state index in [2.05, 4.69) is 91.0 Å². The first kappa shape index (κ1) is 17.2. The van der Waals surface area contributed by atoms with Gasteiger partial charge in [-0.3, -0.25) is 0 Å². The molecule has 0 spiro atoms. The number of aryl methyl sites for hydroxylation is 1. The summed E-state index contributed by atoms with van der Waals surface area (Å²) >= 11 is 0. The Kier molecular flexibility index (Phi) is 5.86. The molecule has 128 valence electrons. The second kappa shape index (κ2) is 8.50. The Hall–Kier alpha value is -2.58. The molecule has 1 atom stereocenters. The third kappa shape index (κ3) is 4.71. The Labute approximate surface area is 151 Å². The predicted octanol–water partition coefficient (Wildman–Crippen LogP) is 3.62. The van der Waals surface area contributed by atoms with Gasteiger partial charge >= 0.3 is 0 Å². The highest BCUT2D eigenvalue weighted by Gasteiger charge is 2.13. The van der Waals surface area contributed by atoms with Crippen molar-refractivity contribution in [3.63, 3.8) is 0 Å². The van der Waals surface area contributed by atoms with E-state index >= 15 is 0 Å². The van der Waals surface area contributed by atoms with Crippen LogP contribution >= 0.6 is 0 Å². The molecule has 0 radical (unpaired) electrons. The van der Waals surface area contributed by atoms with E-state index in [-0.39, 0.29) is 0 Å². The van der Waals surface area contributed by atoms with Crippen molar-refractivity contribution in [3.05, 3.63) is 108 Å². The van der Waals surface area contributed by atoms with Crippen molar-refractivity contribution in [2.75, 3.05) is 6.54 Å². The molecule has 0 aliphatic heterocycles. The molecule has 1 aromatic heterocycles. The highest BCUT2D eigenvalue weighted by atomic mass is 15.1. The van der Waals surface area contributed by atoms with E-state index in [0.717, 1.165) is 26.2 Å². The molecule has 1 heterocycles. The summed E-state index contributed by atoms with van der Waals surface area (Å²) in [6, 6.07) is 23.7. The van der Waals surface area contributed by atoms with Crippen LogP contribution in [-0.2, 0) is 19.6 Å². The van der Waals surface area contributed by atoms with E-state index < -0.39 is 0 Å². The summed E-state index contributed by atoms with van der Waals surface area (Å²) in [5.74, 6) is 0. The molecule has 0 saturated carbocycles. The van der Waals surface area contributed by atoms with Gasteiger partial charge in [-0.05, 0) is 36.3 Å². The molecule has 1 unspecified atom stereocenters. The standard InChI is InChI=1S/C23H26N2/c1-3-15-24(18-22-13-8-7-10-20(22)2)19-23-14-9-16-25(23)17-21-11-5-4-6-12-21/h3-14,16H,1,15,17-19H2,2H3/p+1. The minimum atomic E-state index is 0.926. The topological polar surface area (TPSA) is 9.37 Å². The molecular formula is C23H27N2+. The predicted molar refractivity (Wildman–Crippen MR) is 105 cm³/mol. The van der Waals surface area contributed by atoms with E-state index in [4.69, 9.17) is 0 Å². The fraction of sp³-hybridized carbons (Fsp3) is 0.217. The van der Waals surface area contributed by atoms with Gasteiger partial charge in [0.05, 0.1) is 12.2 Å². The number of nitrogens with zero attached hydrogens (tertiary/aromatic N) is 1. The third-order valence-electron chi connectivity index (χ3n) is 4.69. The van der Waals surface area contributed by atoms with Crippen molar-refractivity contribution in [2.24, 2.45) is 0 Å². The maximum Gasteiger partial charge on any atom is 0.119 e. The smallest absolute Gasteiger partial charge is 0.119 e. The van der Waals surface area contributed by atoms with Crippen LogP contribution in [0.5, 0.6) is 0 Å². The molecular weight excluding hydrogens is 304 g/mol. The molecule has 0 aliphatic rings. The van der Waals surface area contributed by atoms with Crippen LogP contribution in [0, 0.1) is 6.92 Å². The van der Waals surface area contributed by atoms with Crippen LogP contribution in [0.3, 0.4) is 0 Å². The maximum atomic E-state index is 3.96. The number of rotatable bonds is 8. The van der Waals surface area contributed by atoms with Crippen molar-refractivity contribution >= 4 is 0 Å². The van der Waals surface area contributed by atoms with Crippen LogP contribution in [0.25, 0.3) is 0 Å². The van der Waals surface area contributed by atoms with Crippen molar-refractivity contribution < 1.29 is 4.90 Å². The number of hydrogen-bond acceptors (Lipinski definition) is 0. The lowest BCUT2D eigenvalue weighted by atomic mass is 10.1. The highest BCUT2D eigenvalue weighted by Crippen LogP contribution is 2.08. The van der Waals surface area contributed by atoms with Crippen molar-refractivity contribution in [3.8, 4) is 0 Å². The summed E-state index contributed by atoms with van der Waals surface area (Å²) in [5.41, 5.74) is 5.49. The zero-order valence-electron chi connectivity index (χ0n) is 15.0. The van der Waals surface area contributed by atoms with Crippen LogP contribution in [0.2, 0.25) is 0 Å². The van der Waals surface area contributed by atoms with Crippen molar-refractivity contribution in [1.82, 2.24) is 4.57 Å². The zero-order chi connectivity index (χ0) is 17.5. The summed E-state index contributed by atoms with van der Waals surface area (Å²) in [5, 5.41) is 0. The largest absolute Gasteiger partial charge is 0.342 e. The van der Waals surface area contributed by atoms with E-state index in [1.165, 1.54) is 27.3 Å². The quantitative estimate of drug-likeness (QED) is 0.604. The molecule has 1 N–H and O–H groups in total. The highest BCUT2D eigenvalue weighted by molar-refractivity contribution is 5.24. The SMILES string of the molecule is C=CC[NH+](Cc1ccccc1C)Cc1cccn1Cc1ccccc1. The molecule has 25 heavy (non-hydrogen) atoms. The van der Waals surface area contributed by atoms with Gasteiger partial charge < -0.3 is 9.47 Å². The Morgan fingerprint density at radius 3 is 2.44 bits per heavy atom. The molecule has 2 heteroatoms. The lowest BCUT2D eigenvalue weighted by molar-refractivity contribution is -0.922. The first-order chi connectivity index (χ1) is 12.3. The lowest BCUT2D eigenvalue weighted by Gasteiger charge is -2.20. The Morgan fingerprint density at radius 2 is 1.68 bits per heavy atom. The number of quaternary nitrogens is 1. The molecule has 0 amide bonds. The van der Waals surface area contributed by atoms with Gasteiger partial charge in [-0.25, -0.2) is 0 Å². The fourth-order valence-electron chi connectivity index (χ4n) is 3.29. The number of hydrogen-bond donors (Lipinski definition) is 1. The number of nitrogens with one attached hydrogen (secondary N) is 1. The first-order valence-corrected chi connectivity index (χ1v) is 8.93. The summed E-state index contributed by atoms with van der Waals surface area (Å²) < 4.78 is 2.36. The van der Waals surface area contributed by atoms with Gasteiger partial charge in [-0.15, -0.1) is 0 Å². The summed E-state index contributed by atoms with van der Waals surface area (Å²) in [6.07, 6.45) is 4.21. The third-order valence-corrected chi connectivity index (χ3v) is 4.69. The Morgan fingerprint density at radius 1 is 0.920 bits per heavy atom.